The minimum atomic E-state index is -3.66. The average molecular weight is 415 g/mol. The topological polar surface area (TPSA) is 66.4 Å². The number of aryl methyl sites for hydroxylation is 1. The molecule has 108 valence electrons. The van der Waals surface area contributed by atoms with E-state index in [-0.39, 0.29) is 11.4 Å². The van der Waals surface area contributed by atoms with Crippen LogP contribution in [0.4, 0.5) is 0 Å². The van der Waals surface area contributed by atoms with Gasteiger partial charge in [0.1, 0.15) is 0 Å². The minimum Gasteiger partial charge on any atom is -0.389 e. The van der Waals surface area contributed by atoms with E-state index in [4.69, 9.17) is 0 Å². The van der Waals surface area contributed by atoms with Gasteiger partial charge in [0.25, 0.3) is 0 Å². The standard InChI is InChI=1S/C12H17Br2NO3S/c1-4-12(3,16)7-15-19(17,18)11-6-9(13)8(2)5-10(11)14/h5-6,15-16H,4,7H2,1-3H3. The molecule has 0 aliphatic heterocycles. The summed E-state index contributed by atoms with van der Waals surface area (Å²) in [4.78, 5) is 0.150. The second-order valence-corrected chi connectivity index (χ2v) is 8.15. The number of benzene rings is 1. The lowest BCUT2D eigenvalue weighted by molar-refractivity contribution is 0.0613. The van der Waals surface area contributed by atoms with Gasteiger partial charge in [0, 0.05) is 15.5 Å². The first-order valence-electron chi connectivity index (χ1n) is 5.77. The van der Waals surface area contributed by atoms with E-state index in [1.165, 1.54) is 0 Å². The molecular formula is C12H17Br2NO3S. The molecule has 0 spiro atoms. The van der Waals surface area contributed by atoms with Crippen molar-refractivity contribution in [3.8, 4) is 0 Å². The van der Waals surface area contributed by atoms with Crippen LogP contribution in [-0.2, 0) is 10.0 Å². The van der Waals surface area contributed by atoms with Gasteiger partial charge in [-0.3, -0.25) is 0 Å². The molecule has 0 aliphatic rings. The summed E-state index contributed by atoms with van der Waals surface area (Å²) in [5, 5.41) is 9.85. The predicted molar refractivity (Wildman–Crippen MR) is 82.7 cm³/mol. The number of rotatable bonds is 5. The molecule has 1 aromatic rings. The van der Waals surface area contributed by atoms with E-state index in [0.717, 1.165) is 10.0 Å². The molecule has 19 heavy (non-hydrogen) atoms. The third-order valence-corrected chi connectivity index (χ3v) is 6.12. The molecule has 4 nitrogen and oxygen atoms in total. The van der Waals surface area contributed by atoms with Crippen molar-refractivity contribution in [2.75, 3.05) is 6.54 Å². The first-order chi connectivity index (χ1) is 8.59. The smallest absolute Gasteiger partial charge is 0.241 e. The molecule has 1 rings (SSSR count). The fourth-order valence-corrected chi connectivity index (χ4v) is 4.12. The molecule has 0 bridgehead atoms. The lowest BCUT2D eigenvalue weighted by Crippen LogP contribution is -2.40. The van der Waals surface area contributed by atoms with Crippen LogP contribution in [0, 0.1) is 6.92 Å². The zero-order valence-electron chi connectivity index (χ0n) is 11.0. The molecule has 0 radical (unpaired) electrons. The van der Waals surface area contributed by atoms with Crippen molar-refractivity contribution in [2.24, 2.45) is 0 Å². The Labute approximate surface area is 130 Å². The Bertz CT molecular complexity index is 571. The summed E-state index contributed by atoms with van der Waals surface area (Å²) in [6, 6.07) is 3.28. The molecular weight excluding hydrogens is 398 g/mol. The van der Waals surface area contributed by atoms with Crippen LogP contribution in [0.15, 0.2) is 26.0 Å². The molecule has 0 fully saturated rings. The monoisotopic (exact) mass is 413 g/mol. The third kappa shape index (κ3) is 4.53. The van der Waals surface area contributed by atoms with Crippen LogP contribution < -0.4 is 4.72 Å². The maximum absolute atomic E-state index is 12.2. The summed E-state index contributed by atoms with van der Waals surface area (Å²) in [5.41, 5.74) is -0.118. The van der Waals surface area contributed by atoms with E-state index in [1.807, 2.05) is 6.92 Å². The van der Waals surface area contributed by atoms with E-state index < -0.39 is 15.6 Å². The molecule has 1 atom stereocenters. The highest BCUT2D eigenvalue weighted by Crippen LogP contribution is 2.28. The van der Waals surface area contributed by atoms with E-state index in [0.29, 0.717) is 10.9 Å². The van der Waals surface area contributed by atoms with E-state index in [9.17, 15) is 13.5 Å². The van der Waals surface area contributed by atoms with Crippen molar-refractivity contribution < 1.29 is 13.5 Å². The van der Waals surface area contributed by atoms with Crippen molar-refractivity contribution in [3.05, 3.63) is 26.6 Å². The van der Waals surface area contributed by atoms with Crippen molar-refractivity contribution >= 4 is 41.9 Å². The number of aliphatic hydroxyl groups is 1. The molecule has 7 heteroatoms. The zero-order valence-corrected chi connectivity index (χ0v) is 15.0. The maximum atomic E-state index is 12.2. The van der Waals surface area contributed by atoms with Gasteiger partial charge in [0.05, 0.1) is 10.5 Å². The van der Waals surface area contributed by atoms with Crippen LogP contribution in [0.25, 0.3) is 0 Å². The largest absolute Gasteiger partial charge is 0.389 e. The Morgan fingerprint density at radius 2 is 1.89 bits per heavy atom. The highest BCUT2D eigenvalue weighted by Gasteiger charge is 2.24. The number of sulfonamides is 1. The molecule has 0 aromatic heterocycles. The molecule has 1 aromatic carbocycles. The Balaban J connectivity index is 3.05. The zero-order chi connectivity index (χ0) is 14.8. The lowest BCUT2D eigenvalue weighted by atomic mass is 10.1. The third-order valence-electron chi connectivity index (χ3n) is 2.91. The predicted octanol–water partition coefficient (Wildman–Crippen LogP) is 2.96. The highest BCUT2D eigenvalue weighted by atomic mass is 79.9. The van der Waals surface area contributed by atoms with Crippen molar-refractivity contribution in [3.63, 3.8) is 0 Å². The van der Waals surface area contributed by atoms with Gasteiger partial charge in [-0.25, -0.2) is 13.1 Å². The molecule has 2 N–H and O–H groups in total. The molecule has 1 unspecified atom stereocenters. The molecule has 0 amide bonds. The average Bonchev–Trinajstić information content (AvgIpc) is 2.31. The van der Waals surface area contributed by atoms with Crippen molar-refractivity contribution in [1.29, 1.82) is 0 Å². The lowest BCUT2D eigenvalue weighted by Gasteiger charge is -2.21. The van der Waals surface area contributed by atoms with Gasteiger partial charge in [0.2, 0.25) is 10.0 Å². The first-order valence-corrected chi connectivity index (χ1v) is 8.83. The summed E-state index contributed by atoms with van der Waals surface area (Å²) in [6.07, 6.45) is 0.467. The minimum absolute atomic E-state index is 0.0240. The van der Waals surface area contributed by atoms with E-state index in [2.05, 4.69) is 36.6 Å². The van der Waals surface area contributed by atoms with Crippen molar-refractivity contribution in [2.45, 2.75) is 37.7 Å². The molecule has 0 aliphatic carbocycles. The Kier molecular flexibility index (Phi) is 5.60. The molecule has 0 saturated heterocycles. The van der Waals surface area contributed by atoms with E-state index >= 15 is 0 Å². The summed E-state index contributed by atoms with van der Waals surface area (Å²) in [7, 11) is -3.66. The van der Waals surface area contributed by atoms with Gasteiger partial charge in [-0.1, -0.05) is 22.9 Å². The van der Waals surface area contributed by atoms with Crippen LogP contribution in [0.3, 0.4) is 0 Å². The van der Waals surface area contributed by atoms with Gasteiger partial charge in [0.15, 0.2) is 0 Å². The second kappa shape index (κ2) is 6.22. The van der Waals surface area contributed by atoms with E-state index in [1.54, 1.807) is 26.0 Å². The van der Waals surface area contributed by atoms with Crippen LogP contribution in [-0.4, -0.2) is 25.7 Å². The van der Waals surface area contributed by atoms with Gasteiger partial charge in [-0.15, -0.1) is 0 Å². The van der Waals surface area contributed by atoms with Crippen LogP contribution in [0.2, 0.25) is 0 Å². The normalized spacial score (nSPS) is 15.3. The van der Waals surface area contributed by atoms with Gasteiger partial charge in [-0.05, 0) is 53.9 Å². The maximum Gasteiger partial charge on any atom is 0.241 e. The number of nitrogens with one attached hydrogen (secondary N) is 1. The molecule has 0 heterocycles. The van der Waals surface area contributed by atoms with Crippen LogP contribution in [0.1, 0.15) is 25.8 Å². The quantitative estimate of drug-likeness (QED) is 0.778. The van der Waals surface area contributed by atoms with Crippen molar-refractivity contribution in [1.82, 2.24) is 4.72 Å². The number of hydrogen-bond acceptors (Lipinski definition) is 3. The highest BCUT2D eigenvalue weighted by molar-refractivity contribution is 9.11. The first kappa shape index (κ1) is 17.1. The SMILES string of the molecule is CCC(C)(O)CNS(=O)(=O)c1cc(Br)c(C)cc1Br. The van der Waals surface area contributed by atoms with Gasteiger partial charge < -0.3 is 5.11 Å². The molecule has 0 saturated carbocycles. The fourth-order valence-electron chi connectivity index (χ4n) is 1.29. The van der Waals surface area contributed by atoms with Gasteiger partial charge >= 0.3 is 0 Å². The summed E-state index contributed by atoms with van der Waals surface area (Å²) in [6.45, 7) is 5.24. The Hall–Kier alpha value is 0.0500. The summed E-state index contributed by atoms with van der Waals surface area (Å²) in [5.74, 6) is 0. The number of hydrogen-bond donors (Lipinski definition) is 2. The van der Waals surface area contributed by atoms with Crippen LogP contribution in [0.5, 0.6) is 0 Å². The van der Waals surface area contributed by atoms with Crippen LogP contribution >= 0.6 is 31.9 Å². The Morgan fingerprint density at radius 1 is 1.32 bits per heavy atom. The van der Waals surface area contributed by atoms with Gasteiger partial charge in [-0.2, -0.15) is 0 Å². The second-order valence-electron chi connectivity index (χ2n) is 4.71. The fraction of sp³-hybridized carbons (Fsp3) is 0.500. The number of halogens is 2. The summed E-state index contributed by atoms with van der Waals surface area (Å²) >= 11 is 6.57. The summed E-state index contributed by atoms with van der Waals surface area (Å²) < 4.78 is 28.1. The Morgan fingerprint density at radius 3 is 2.42 bits per heavy atom.